The van der Waals surface area contributed by atoms with Crippen molar-refractivity contribution in [2.45, 2.75) is 110 Å². The van der Waals surface area contributed by atoms with Crippen molar-refractivity contribution in [2.24, 2.45) is 0 Å². The highest BCUT2D eigenvalue weighted by Crippen LogP contribution is 2.12. The topological polar surface area (TPSA) is 38.3 Å². The second-order valence-electron chi connectivity index (χ2n) is 6.36. The van der Waals surface area contributed by atoms with Crippen molar-refractivity contribution >= 4 is 5.97 Å². The third kappa shape index (κ3) is 17.5. The molecule has 0 saturated heterocycles. The Hall–Kier alpha value is -0.570. The zero-order chi connectivity index (χ0) is 16.3. The molecule has 1 N–H and O–H groups in total. The summed E-state index contributed by atoms with van der Waals surface area (Å²) in [5, 5.41) is 0. The number of unbranched alkanes of at least 4 members (excludes halogenated alkanes) is 12. The SMILES string of the molecule is CCCCCCCCCCCCCCCC(=O)ONCCC. The van der Waals surface area contributed by atoms with Crippen LogP contribution in [0.25, 0.3) is 0 Å². The molecule has 0 bridgehead atoms. The molecule has 0 rings (SSSR count). The van der Waals surface area contributed by atoms with Crippen LogP contribution in [-0.2, 0) is 9.63 Å². The van der Waals surface area contributed by atoms with E-state index in [1.807, 2.05) is 6.92 Å². The molecule has 0 heterocycles. The van der Waals surface area contributed by atoms with Crippen LogP contribution >= 0.6 is 0 Å². The van der Waals surface area contributed by atoms with E-state index in [2.05, 4.69) is 12.4 Å². The Morgan fingerprint density at radius 2 is 1.14 bits per heavy atom. The fourth-order valence-corrected chi connectivity index (χ4v) is 2.57. The summed E-state index contributed by atoms with van der Waals surface area (Å²) in [7, 11) is 0. The summed E-state index contributed by atoms with van der Waals surface area (Å²) in [5.41, 5.74) is 2.68. The highest BCUT2D eigenvalue weighted by atomic mass is 16.7. The molecule has 22 heavy (non-hydrogen) atoms. The summed E-state index contributed by atoms with van der Waals surface area (Å²) in [6, 6.07) is 0. The number of hydroxylamine groups is 1. The van der Waals surface area contributed by atoms with Crippen molar-refractivity contribution in [2.75, 3.05) is 6.54 Å². The van der Waals surface area contributed by atoms with Gasteiger partial charge in [0, 0.05) is 13.0 Å². The maximum absolute atomic E-state index is 11.3. The van der Waals surface area contributed by atoms with Crippen LogP contribution in [0.1, 0.15) is 110 Å². The first-order chi connectivity index (χ1) is 10.8. The molecule has 0 saturated carbocycles. The lowest BCUT2D eigenvalue weighted by Gasteiger charge is -2.04. The predicted octanol–water partition coefficient (Wildman–Crippen LogP) is 5.93. The van der Waals surface area contributed by atoms with E-state index in [1.54, 1.807) is 0 Å². The Bertz CT molecular complexity index is 231. The number of hydrogen-bond donors (Lipinski definition) is 1. The van der Waals surface area contributed by atoms with Crippen LogP contribution < -0.4 is 5.48 Å². The molecular formula is C19H39NO2. The van der Waals surface area contributed by atoms with Crippen LogP contribution in [0.4, 0.5) is 0 Å². The maximum Gasteiger partial charge on any atom is 0.324 e. The molecule has 0 unspecified atom stereocenters. The van der Waals surface area contributed by atoms with Gasteiger partial charge in [0.05, 0.1) is 0 Å². The monoisotopic (exact) mass is 313 g/mol. The van der Waals surface area contributed by atoms with Gasteiger partial charge in [0.15, 0.2) is 0 Å². The lowest BCUT2D eigenvalue weighted by Crippen LogP contribution is -2.20. The molecule has 0 aliphatic rings. The van der Waals surface area contributed by atoms with E-state index in [1.165, 1.54) is 70.6 Å². The first kappa shape index (κ1) is 21.4. The van der Waals surface area contributed by atoms with Crippen molar-refractivity contribution in [1.29, 1.82) is 0 Å². The van der Waals surface area contributed by atoms with E-state index < -0.39 is 0 Å². The smallest absolute Gasteiger partial charge is 0.324 e. The number of carbonyl (C=O) groups is 1. The molecule has 0 fully saturated rings. The lowest BCUT2D eigenvalue weighted by molar-refractivity contribution is -0.151. The van der Waals surface area contributed by atoms with Gasteiger partial charge in [-0.3, -0.25) is 4.79 Å². The number of nitrogens with one attached hydrogen (secondary N) is 1. The zero-order valence-electron chi connectivity index (χ0n) is 15.1. The molecule has 132 valence electrons. The summed E-state index contributed by atoms with van der Waals surface area (Å²) in [6.45, 7) is 5.06. The highest BCUT2D eigenvalue weighted by molar-refractivity contribution is 5.68. The molecule has 3 heteroatoms. The average molecular weight is 314 g/mol. The lowest BCUT2D eigenvalue weighted by atomic mass is 10.0. The Balaban J connectivity index is 3.06. The molecule has 3 nitrogen and oxygen atoms in total. The molecule has 0 atom stereocenters. The van der Waals surface area contributed by atoms with Crippen molar-refractivity contribution in [3.8, 4) is 0 Å². The van der Waals surface area contributed by atoms with Gasteiger partial charge in [-0.2, -0.15) is 5.48 Å². The summed E-state index contributed by atoms with van der Waals surface area (Å²) in [4.78, 5) is 16.2. The van der Waals surface area contributed by atoms with Gasteiger partial charge >= 0.3 is 5.97 Å². The minimum absolute atomic E-state index is 0.114. The largest absolute Gasteiger partial charge is 0.371 e. The minimum atomic E-state index is -0.114. The summed E-state index contributed by atoms with van der Waals surface area (Å²) in [6.07, 6.45) is 18.8. The Kier molecular flexibility index (Phi) is 18.0. The van der Waals surface area contributed by atoms with E-state index in [0.29, 0.717) is 6.42 Å². The van der Waals surface area contributed by atoms with Gasteiger partial charge in [0.2, 0.25) is 0 Å². The second kappa shape index (κ2) is 18.5. The van der Waals surface area contributed by atoms with Crippen LogP contribution in [-0.4, -0.2) is 12.5 Å². The molecule has 0 aromatic rings. The first-order valence-electron chi connectivity index (χ1n) is 9.73. The van der Waals surface area contributed by atoms with Gasteiger partial charge in [-0.25, -0.2) is 0 Å². The van der Waals surface area contributed by atoms with Gasteiger partial charge in [-0.15, -0.1) is 0 Å². The summed E-state index contributed by atoms with van der Waals surface area (Å²) < 4.78 is 0. The maximum atomic E-state index is 11.3. The molecule has 0 radical (unpaired) electrons. The fourth-order valence-electron chi connectivity index (χ4n) is 2.57. The first-order valence-corrected chi connectivity index (χ1v) is 9.73. The van der Waals surface area contributed by atoms with E-state index in [9.17, 15) is 4.79 Å². The van der Waals surface area contributed by atoms with Crippen LogP contribution in [0.3, 0.4) is 0 Å². The average Bonchev–Trinajstić information content (AvgIpc) is 2.52. The van der Waals surface area contributed by atoms with Crippen molar-refractivity contribution in [3.63, 3.8) is 0 Å². The Morgan fingerprint density at radius 3 is 1.59 bits per heavy atom. The molecular weight excluding hydrogens is 274 g/mol. The molecule has 0 spiro atoms. The highest BCUT2D eigenvalue weighted by Gasteiger charge is 2.01. The van der Waals surface area contributed by atoms with E-state index in [0.717, 1.165) is 25.8 Å². The third-order valence-corrected chi connectivity index (χ3v) is 4.02. The standard InChI is InChI=1S/C19H39NO2/c1-3-5-6-7-8-9-10-11-12-13-14-15-16-17-19(21)22-20-18-4-2/h20H,3-18H2,1-2H3. The van der Waals surface area contributed by atoms with Gasteiger partial charge in [0.1, 0.15) is 0 Å². The van der Waals surface area contributed by atoms with Gasteiger partial charge < -0.3 is 4.84 Å². The minimum Gasteiger partial charge on any atom is -0.371 e. The van der Waals surface area contributed by atoms with Gasteiger partial charge in [-0.1, -0.05) is 90.9 Å². The second-order valence-corrected chi connectivity index (χ2v) is 6.36. The van der Waals surface area contributed by atoms with Gasteiger partial charge in [-0.05, 0) is 12.8 Å². The summed E-state index contributed by atoms with van der Waals surface area (Å²) >= 11 is 0. The van der Waals surface area contributed by atoms with E-state index in [4.69, 9.17) is 4.84 Å². The molecule has 0 aromatic carbocycles. The predicted molar refractivity (Wildman–Crippen MR) is 94.7 cm³/mol. The van der Waals surface area contributed by atoms with Crippen molar-refractivity contribution in [1.82, 2.24) is 5.48 Å². The van der Waals surface area contributed by atoms with Crippen LogP contribution in [0, 0.1) is 0 Å². The Morgan fingerprint density at radius 1 is 0.682 bits per heavy atom. The molecule has 0 aromatic heterocycles. The van der Waals surface area contributed by atoms with Gasteiger partial charge in [0.25, 0.3) is 0 Å². The molecule has 0 amide bonds. The van der Waals surface area contributed by atoms with E-state index >= 15 is 0 Å². The normalized spacial score (nSPS) is 10.8. The molecule has 0 aliphatic heterocycles. The van der Waals surface area contributed by atoms with Crippen LogP contribution in [0.15, 0.2) is 0 Å². The number of hydrogen-bond acceptors (Lipinski definition) is 3. The molecule has 0 aliphatic carbocycles. The van der Waals surface area contributed by atoms with Crippen molar-refractivity contribution < 1.29 is 9.63 Å². The zero-order valence-corrected chi connectivity index (χ0v) is 15.1. The fraction of sp³-hybridized carbons (Fsp3) is 0.947. The number of rotatable bonds is 17. The summed E-state index contributed by atoms with van der Waals surface area (Å²) in [5.74, 6) is -0.114. The Labute approximate surface area is 138 Å². The van der Waals surface area contributed by atoms with E-state index in [-0.39, 0.29) is 5.97 Å². The van der Waals surface area contributed by atoms with Crippen molar-refractivity contribution in [3.05, 3.63) is 0 Å². The quantitative estimate of drug-likeness (QED) is 0.267. The third-order valence-electron chi connectivity index (χ3n) is 4.02. The van der Waals surface area contributed by atoms with Crippen LogP contribution in [0.2, 0.25) is 0 Å². The number of carbonyl (C=O) groups excluding carboxylic acids is 1. The van der Waals surface area contributed by atoms with Crippen LogP contribution in [0.5, 0.6) is 0 Å².